The molecule has 0 amide bonds. The number of aryl methyl sites for hydroxylation is 1. The van der Waals surface area contributed by atoms with E-state index in [1.54, 1.807) is 0 Å². The van der Waals surface area contributed by atoms with Crippen LogP contribution in [0, 0.1) is 0 Å². The van der Waals surface area contributed by atoms with E-state index >= 15 is 0 Å². The van der Waals surface area contributed by atoms with Gasteiger partial charge in [0.2, 0.25) is 0 Å². The highest BCUT2D eigenvalue weighted by molar-refractivity contribution is 7.87. The molecular weight excluding hydrogens is 476 g/mol. The standard InChI is InChI=1S/C29H29ClN2O2S/c1-31-24-15-9-8-14-22(24)23-18-26-29(33,28(30)35(34)21-12-6-3-7-13-21)17-16-25(27(23)31)32(26)19-20-10-4-2-5-11-20/h2-15,25-26,28,33H,16-19H2,1H3/t25-,26-,28?,29?,35?/m0/s1. The summed E-state index contributed by atoms with van der Waals surface area (Å²) < 4.78 is 14.9. The van der Waals surface area contributed by atoms with Crippen LogP contribution >= 0.6 is 11.6 Å². The summed E-state index contributed by atoms with van der Waals surface area (Å²) in [6.45, 7) is 0.709. The van der Waals surface area contributed by atoms with E-state index in [-0.39, 0.29) is 12.1 Å². The third-order valence-electron chi connectivity index (χ3n) is 7.93. The molecule has 3 heterocycles. The fourth-order valence-electron chi connectivity index (χ4n) is 6.26. The predicted octanol–water partition coefficient (Wildman–Crippen LogP) is 5.54. The molecule has 4 nitrogen and oxygen atoms in total. The van der Waals surface area contributed by atoms with E-state index in [2.05, 4.69) is 65.0 Å². The van der Waals surface area contributed by atoms with Crippen molar-refractivity contribution in [2.24, 2.45) is 7.05 Å². The van der Waals surface area contributed by atoms with Gasteiger partial charge in [-0.3, -0.25) is 9.11 Å². The second kappa shape index (κ2) is 8.90. The second-order valence-corrected chi connectivity index (χ2v) is 12.0. The van der Waals surface area contributed by atoms with Crippen molar-refractivity contribution in [2.45, 2.75) is 53.1 Å². The number of para-hydroxylation sites is 1. The molecule has 0 saturated carbocycles. The predicted molar refractivity (Wildman–Crippen MR) is 142 cm³/mol. The van der Waals surface area contributed by atoms with Crippen LogP contribution in [0.2, 0.25) is 0 Å². The topological polar surface area (TPSA) is 45.5 Å². The molecule has 1 saturated heterocycles. The van der Waals surface area contributed by atoms with E-state index < -0.39 is 21.1 Å². The molecule has 2 bridgehead atoms. The summed E-state index contributed by atoms with van der Waals surface area (Å²) in [6, 6.07) is 28.1. The lowest BCUT2D eigenvalue weighted by Crippen LogP contribution is -2.64. The van der Waals surface area contributed by atoms with Crippen molar-refractivity contribution < 1.29 is 9.32 Å². The van der Waals surface area contributed by atoms with Gasteiger partial charge in [-0.15, -0.1) is 11.6 Å². The van der Waals surface area contributed by atoms with Crippen LogP contribution in [0.1, 0.15) is 35.7 Å². The van der Waals surface area contributed by atoms with Crippen molar-refractivity contribution in [3.05, 3.63) is 102 Å². The zero-order valence-corrected chi connectivity index (χ0v) is 21.3. The SMILES string of the molecule is Cn1c2c(c3ccccc31)C[C@@H]1N(Cc3ccccc3)[C@H]2CCC1(O)C(Cl)S(=O)c1ccccc1. The van der Waals surface area contributed by atoms with Crippen LogP contribution < -0.4 is 0 Å². The molecule has 1 aromatic heterocycles. The Morgan fingerprint density at radius 3 is 2.43 bits per heavy atom. The fourth-order valence-corrected chi connectivity index (χ4v) is 8.13. The molecule has 4 aromatic rings. The number of hydrogen-bond donors (Lipinski definition) is 1. The van der Waals surface area contributed by atoms with E-state index in [4.69, 9.17) is 11.6 Å². The number of benzene rings is 3. The van der Waals surface area contributed by atoms with Gasteiger partial charge in [-0.1, -0.05) is 66.7 Å². The minimum absolute atomic E-state index is 0.163. The molecule has 0 aliphatic carbocycles. The maximum atomic E-state index is 13.5. The molecular formula is C29H29ClN2O2S. The molecule has 6 heteroatoms. The molecule has 2 aliphatic heterocycles. The average molecular weight is 505 g/mol. The number of halogens is 1. The summed E-state index contributed by atoms with van der Waals surface area (Å²) in [4.78, 5) is 3.07. The van der Waals surface area contributed by atoms with Crippen molar-refractivity contribution in [3.63, 3.8) is 0 Å². The highest BCUT2D eigenvalue weighted by atomic mass is 35.5. The smallest absolute Gasteiger partial charge is 0.143 e. The van der Waals surface area contributed by atoms with E-state index in [1.807, 2.05) is 36.4 Å². The monoisotopic (exact) mass is 504 g/mol. The Bertz CT molecular complexity index is 1390. The Morgan fingerprint density at radius 1 is 1.03 bits per heavy atom. The molecule has 2 aliphatic rings. The van der Waals surface area contributed by atoms with Crippen LogP contribution in [-0.2, 0) is 30.8 Å². The van der Waals surface area contributed by atoms with Gasteiger partial charge in [0.25, 0.3) is 0 Å². The van der Waals surface area contributed by atoms with Crippen LogP contribution in [-0.4, -0.2) is 35.1 Å². The highest BCUT2D eigenvalue weighted by Gasteiger charge is 2.56. The largest absolute Gasteiger partial charge is 0.386 e. The fraction of sp³-hybridized carbons (Fsp3) is 0.310. The Morgan fingerprint density at radius 2 is 1.69 bits per heavy atom. The quantitative estimate of drug-likeness (QED) is 0.363. The maximum Gasteiger partial charge on any atom is 0.143 e. The van der Waals surface area contributed by atoms with Gasteiger partial charge in [0, 0.05) is 41.1 Å². The first-order valence-electron chi connectivity index (χ1n) is 12.2. The number of nitrogens with zero attached hydrogens (tertiary/aromatic N) is 2. The maximum absolute atomic E-state index is 13.5. The summed E-state index contributed by atoms with van der Waals surface area (Å²) in [7, 11) is 0.619. The lowest BCUT2D eigenvalue weighted by molar-refractivity contribution is -0.105. The van der Waals surface area contributed by atoms with Gasteiger partial charge in [-0.25, -0.2) is 0 Å². The minimum Gasteiger partial charge on any atom is -0.386 e. The van der Waals surface area contributed by atoms with Crippen LogP contribution in [0.25, 0.3) is 10.9 Å². The summed E-state index contributed by atoms with van der Waals surface area (Å²) in [6.07, 6.45) is 1.94. The first kappa shape index (κ1) is 23.0. The van der Waals surface area contributed by atoms with Gasteiger partial charge in [-0.2, -0.15) is 0 Å². The Labute approximate surface area is 213 Å². The van der Waals surface area contributed by atoms with Crippen molar-refractivity contribution in [2.75, 3.05) is 0 Å². The van der Waals surface area contributed by atoms with E-state index in [9.17, 15) is 9.32 Å². The highest BCUT2D eigenvalue weighted by Crippen LogP contribution is 2.51. The van der Waals surface area contributed by atoms with Crippen LogP contribution in [0.5, 0.6) is 0 Å². The molecule has 180 valence electrons. The summed E-state index contributed by atoms with van der Waals surface area (Å²) in [5, 5.41) is 13.5. The van der Waals surface area contributed by atoms with Crippen molar-refractivity contribution in [1.82, 2.24) is 9.47 Å². The zero-order valence-electron chi connectivity index (χ0n) is 19.7. The molecule has 6 rings (SSSR count). The molecule has 0 spiro atoms. The molecule has 1 fully saturated rings. The van der Waals surface area contributed by atoms with Gasteiger partial charge in [0.05, 0.1) is 16.8 Å². The minimum atomic E-state index is -1.53. The third kappa shape index (κ3) is 3.68. The molecule has 35 heavy (non-hydrogen) atoms. The number of fused-ring (bicyclic) bond motifs is 6. The number of hydrogen-bond acceptors (Lipinski definition) is 3. The van der Waals surface area contributed by atoms with Gasteiger partial charge in [0.1, 0.15) is 10.3 Å². The molecule has 0 radical (unpaired) electrons. The summed E-state index contributed by atoms with van der Waals surface area (Å²) in [5.41, 5.74) is 3.74. The lowest BCUT2D eigenvalue weighted by Gasteiger charge is -2.55. The molecule has 3 unspecified atom stereocenters. The normalized spacial score (nSPS) is 25.8. The lowest BCUT2D eigenvalue weighted by atomic mass is 9.74. The first-order chi connectivity index (χ1) is 17.0. The molecule has 1 N–H and O–H groups in total. The number of alkyl halides is 1. The second-order valence-electron chi connectivity index (χ2n) is 9.79. The summed E-state index contributed by atoms with van der Waals surface area (Å²) >= 11 is 6.97. The Kier molecular flexibility index (Phi) is 5.84. The van der Waals surface area contributed by atoms with Crippen LogP contribution in [0.4, 0.5) is 0 Å². The molecule has 5 atom stereocenters. The Hall–Kier alpha value is -2.44. The summed E-state index contributed by atoms with van der Waals surface area (Å²) in [5.74, 6) is 0. The van der Waals surface area contributed by atoms with E-state index in [0.29, 0.717) is 24.3 Å². The average Bonchev–Trinajstić information content (AvgIpc) is 3.18. The van der Waals surface area contributed by atoms with Crippen LogP contribution in [0.15, 0.2) is 89.8 Å². The van der Waals surface area contributed by atoms with E-state index in [1.165, 1.54) is 27.7 Å². The van der Waals surface area contributed by atoms with Crippen LogP contribution in [0.3, 0.4) is 0 Å². The number of aliphatic hydroxyl groups is 1. The van der Waals surface area contributed by atoms with Gasteiger partial charge in [-0.05, 0) is 48.6 Å². The van der Waals surface area contributed by atoms with Crippen molar-refractivity contribution in [1.29, 1.82) is 0 Å². The van der Waals surface area contributed by atoms with Gasteiger partial charge < -0.3 is 9.67 Å². The Balaban J connectivity index is 1.46. The van der Waals surface area contributed by atoms with Crippen molar-refractivity contribution >= 4 is 33.3 Å². The number of piperidine rings is 1. The van der Waals surface area contributed by atoms with Gasteiger partial charge in [0.15, 0.2) is 0 Å². The van der Waals surface area contributed by atoms with E-state index in [0.717, 1.165) is 6.42 Å². The molecule has 3 aromatic carbocycles. The zero-order chi connectivity index (χ0) is 24.2. The number of rotatable bonds is 5. The first-order valence-corrected chi connectivity index (χ1v) is 13.8. The van der Waals surface area contributed by atoms with Crippen molar-refractivity contribution in [3.8, 4) is 0 Å². The number of aromatic nitrogens is 1. The van der Waals surface area contributed by atoms with Gasteiger partial charge >= 0.3 is 0 Å². The third-order valence-corrected chi connectivity index (χ3v) is 10.3.